The third-order valence-electron chi connectivity index (χ3n) is 4.39. The van der Waals surface area contributed by atoms with Gasteiger partial charge in [-0.1, -0.05) is 6.07 Å². The Labute approximate surface area is 152 Å². The number of likely N-dealkylation sites (tertiary alicyclic amines) is 1. The van der Waals surface area contributed by atoms with E-state index in [0.29, 0.717) is 11.3 Å². The first kappa shape index (κ1) is 18.1. The van der Waals surface area contributed by atoms with Gasteiger partial charge in [0.25, 0.3) is 0 Å². The normalized spacial score (nSPS) is 16.7. The third kappa shape index (κ3) is 5.14. The molecule has 1 aliphatic rings. The fourth-order valence-electron chi connectivity index (χ4n) is 3.13. The number of hydrogen-bond acceptors (Lipinski definition) is 5. The number of hydrogen-bond donors (Lipinski definition) is 1. The van der Waals surface area contributed by atoms with Gasteiger partial charge in [-0.3, -0.25) is 14.4 Å². The molecule has 7 heteroatoms. The minimum atomic E-state index is -3.30. The Bertz CT molecular complexity index is 807. The first-order chi connectivity index (χ1) is 11.9. The lowest BCUT2D eigenvalue weighted by atomic mass is 9.89. The summed E-state index contributed by atoms with van der Waals surface area (Å²) >= 11 is 1.77. The summed E-state index contributed by atoms with van der Waals surface area (Å²) in [5.74, 6) is 0.204. The molecule has 1 aliphatic heterocycles. The van der Waals surface area contributed by atoms with Crippen molar-refractivity contribution in [1.29, 1.82) is 0 Å². The summed E-state index contributed by atoms with van der Waals surface area (Å²) in [5, 5.41) is 2.09. The predicted molar refractivity (Wildman–Crippen MR) is 102 cm³/mol. The maximum Gasteiger partial charge on any atom is 0.229 e. The number of Topliss-reactive ketones (excluding diaryl/α,β-unsaturated/α-hetero) is 1. The highest BCUT2D eigenvalue weighted by Gasteiger charge is 2.25. The van der Waals surface area contributed by atoms with Gasteiger partial charge in [0.2, 0.25) is 10.0 Å². The van der Waals surface area contributed by atoms with E-state index in [1.54, 1.807) is 35.6 Å². The lowest BCUT2D eigenvalue weighted by Gasteiger charge is -2.30. The second kappa shape index (κ2) is 7.68. The zero-order valence-electron chi connectivity index (χ0n) is 14.1. The van der Waals surface area contributed by atoms with Crippen LogP contribution in [0.2, 0.25) is 0 Å². The zero-order chi connectivity index (χ0) is 17.9. The monoisotopic (exact) mass is 378 g/mol. The standard InChI is InChI=1S/C18H22N2O3S2/c1-25(22,23)19-16-6-4-14(5-7-16)18(21)15-8-10-20(11-9-15)13-17-3-2-12-24-17/h2-7,12,15,19H,8-11,13H2,1H3. The highest BCUT2D eigenvalue weighted by Crippen LogP contribution is 2.24. The molecule has 0 amide bonds. The van der Waals surface area contributed by atoms with Gasteiger partial charge < -0.3 is 0 Å². The summed E-state index contributed by atoms with van der Waals surface area (Å²) < 4.78 is 24.9. The van der Waals surface area contributed by atoms with Crippen LogP contribution in [0, 0.1) is 5.92 Å². The molecule has 1 aromatic carbocycles. The Morgan fingerprint density at radius 1 is 1.20 bits per heavy atom. The average molecular weight is 379 g/mol. The summed E-state index contributed by atoms with van der Waals surface area (Å²) in [7, 11) is -3.30. The van der Waals surface area contributed by atoms with Gasteiger partial charge in [-0.15, -0.1) is 11.3 Å². The van der Waals surface area contributed by atoms with Gasteiger partial charge in [0.1, 0.15) is 0 Å². The molecule has 1 saturated heterocycles. The van der Waals surface area contributed by atoms with Crippen LogP contribution in [0.15, 0.2) is 41.8 Å². The molecule has 1 N–H and O–H groups in total. The summed E-state index contributed by atoms with van der Waals surface area (Å²) in [6, 6.07) is 10.9. The number of ketones is 1. The molecule has 3 rings (SSSR count). The fourth-order valence-corrected chi connectivity index (χ4v) is 4.44. The van der Waals surface area contributed by atoms with Gasteiger partial charge in [-0.05, 0) is 61.6 Å². The number of sulfonamides is 1. The molecule has 0 bridgehead atoms. The number of piperidine rings is 1. The van der Waals surface area contributed by atoms with E-state index in [4.69, 9.17) is 0 Å². The molecule has 134 valence electrons. The number of carbonyl (C=O) groups excluding carboxylic acids is 1. The van der Waals surface area contributed by atoms with Gasteiger partial charge in [0.05, 0.1) is 6.26 Å². The van der Waals surface area contributed by atoms with Crippen LogP contribution in [0.25, 0.3) is 0 Å². The van der Waals surface area contributed by atoms with Crippen molar-refractivity contribution in [2.45, 2.75) is 19.4 Å². The second-order valence-corrected chi connectivity index (χ2v) is 9.23. The molecule has 25 heavy (non-hydrogen) atoms. The van der Waals surface area contributed by atoms with E-state index in [-0.39, 0.29) is 11.7 Å². The molecule has 1 aromatic heterocycles. The van der Waals surface area contributed by atoms with Gasteiger partial charge in [-0.2, -0.15) is 0 Å². The molecule has 1 fully saturated rings. The van der Waals surface area contributed by atoms with Gasteiger partial charge in [0.15, 0.2) is 5.78 Å². The van der Waals surface area contributed by atoms with Crippen molar-refractivity contribution in [3.63, 3.8) is 0 Å². The molecular formula is C18H22N2O3S2. The van der Waals surface area contributed by atoms with Crippen molar-refractivity contribution in [3.05, 3.63) is 52.2 Å². The van der Waals surface area contributed by atoms with Crippen molar-refractivity contribution in [3.8, 4) is 0 Å². The van der Waals surface area contributed by atoms with E-state index >= 15 is 0 Å². The average Bonchev–Trinajstić information content (AvgIpc) is 3.07. The van der Waals surface area contributed by atoms with Crippen LogP contribution in [-0.4, -0.2) is 38.4 Å². The van der Waals surface area contributed by atoms with Gasteiger partial charge in [0, 0.05) is 28.6 Å². The Kier molecular flexibility index (Phi) is 5.56. The molecule has 0 spiro atoms. The lowest BCUT2D eigenvalue weighted by molar-refractivity contribution is 0.0835. The van der Waals surface area contributed by atoms with E-state index in [2.05, 4.69) is 27.1 Å². The fraction of sp³-hybridized carbons (Fsp3) is 0.389. The smallest absolute Gasteiger partial charge is 0.229 e. The summed E-state index contributed by atoms with van der Waals surface area (Å²) in [5.41, 5.74) is 1.13. The van der Waals surface area contributed by atoms with Crippen LogP contribution >= 0.6 is 11.3 Å². The summed E-state index contributed by atoms with van der Waals surface area (Å²) in [6.45, 7) is 2.83. The molecule has 0 saturated carbocycles. The van der Waals surface area contributed by atoms with Crippen molar-refractivity contribution >= 4 is 32.8 Å². The SMILES string of the molecule is CS(=O)(=O)Nc1ccc(C(=O)C2CCN(Cc3cccs3)CC2)cc1. The van der Waals surface area contributed by atoms with Crippen LogP contribution in [0.4, 0.5) is 5.69 Å². The van der Waals surface area contributed by atoms with Crippen molar-refractivity contribution in [1.82, 2.24) is 4.90 Å². The molecule has 2 aromatic rings. The summed E-state index contributed by atoms with van der Waals surface area (Å²) in [6.07, 6.45) is 2.84. The zero-order valence-corrected chi connectivity index (χ0v) is 15.8. The lowest BCUT2D eigenvalue weighted by Crippen LogP contribution is -2.35. The predicted octanol–water partition coefficient (Wildman–Crippen LogP) is 3.21. The molecule has 0 unspecified atom stereocenters. The van der Waals surface area contributed by atoms with Crippen molar-refractivity contribution in [2.24, 2.45) is 5.92 Å². The molecule has 2 heterocycles. The Balaban J connectivity index is 1.55. The first-order valence-electron chi connectivity index (χ1n) is 8.27. The highest BCUT2D eigenvalue weighted by molar-refractivity contribution is 7.92. The quantitative estimate of drug-likeness (QED) is 0.784. The molecule has 0 radical (unpaired) electrons. The minimum Gasteiger partial charge on any atom is -0.298 e. The maximum absolute atomic E-state index is 12.7. The number of nitrogens with zero attached hydrogens (tertiary/aromatic N) is 1. The third-order valence-corrected chi connectivity index (χ3v) is 5.86. The molecule has 5 nitrogen and oxygen atoms in total. The van der Waals surface area contributed by atoms with Crippen LogP contribution < -0.4 is 4.72 Å². The number of nitrogens with one attached hydrogen (secondary N) is 1. The largest absolute Gasteiger partial charge is 0.298 e. The number of carbonyl (C=O) groups is 1. The topological polar surface area (TPSA) is 66.5 Å². The van der Waals surface area contributed by atoms with E-state index in [0.717, 1.165) is 38.7 Å². The maximum atomic E-state index is 12.7. The number of benzene rings is 1. The second-order valence-electron chi connectivity index (χ2n) is 6.45. The van der Waals surface area contributed by atoms with Crippen LogP contribution in [-0.2, 0) is 16.6 Å². The Morgan fingerprint density at radius 3 is 2.44 bits per heavy atom. The Hall–Kier alpha value is -1.70. The Morgan fingerprint density at radius 2 is 1.88 bits per heavy atom. The van der Waals surface area contributed by atoms with Crippen LogP contribution in [0.1, 0.15) is 28.1 Å². The van der Waals surface area contributed by atoms with Gasteiger partial charge in [-0.25, -0.2) is 8.42 Å². The first-order valence-corrected chi connectivity index (χ1v) is 11.0. The van der Waals surface area contributed by atoms with Crippen LogP contribution in [0.5, 0.6) is 0 Å². The highest BCUT2D eigenvalue weighted by atomic mass is 32.2. The number of rotatable bonds is 6. The van der Waals surface area contributed by atoms with Crippen molar-refractivity contribution < 1.29 is 13.2 Å². The van der Waals surface area contributed by atoms with E-state index < -0.39 is 10.0 Å². The van der Waals surface area contributed by atoms with E-state index in [1.807, 2.05) is 0 Å². The molecule has 0 aliphatic carbocycles. The summed E-state index contributed by atoms with van der Waals surface area (Å²) in [4.78, 5) is 16.4. The molecular weight excluding hydrogens is 356 g/mol. The minimum absolute atomic E-state index is 0.0494. The van der Waals surface area contributed by atoms with Crippen molar-refractivity contribution in [2.75, 3.05) is 24.1 Å². The van der Waals surface area contributed by atoms with Crippen LogP contribution in [0.3, 0.4) is 0 Å². The number of anilines is 1. The van der Waals surface area contributed by atoms with E-state index in [1.165, 1.54) is 4.88 Å². The van der Waals surface area contributed by atoms with E-state index in [9.17, 15) is 13.2 Å². The van der Waals surface area contributed by atoms with Gasteiger partial charge >= 0.3 is 0 Å². The number of thiophene rings is 1. The molecule has 0 atom stereocenters.